The number of nitrogens with zero attached hydrogens (tertiary/aromatic N) is 2. The molecule has 0 bridgehead atoms. The number of likely N-dealkylation sites (tertiary alicyclic amines) is 1. The predicted octanol–water partition coefficient (Wildman–Crippen LogP) is 2.70. The van der Waals surface area contributed by atoms with Crippen LogP contribution in [0.3, 0.4) is 0 Å². The van der Waals surface area contributed by atoms with Crippen molar-refractivity contribution in [2.24, 2.45) is 5.92 Å². The molecule has 2 aromatic rings. The number of esters is 1. The Hall–Kier alpha value is -1.73. The molecule has 0 spiro atoms. The van der Waals surface area contributed by atoms with E-state index in [1.54, 1.807) is 6.92 Å². The van der Waals surface area contributed by atoms with Crippen LogP contribution in [0.2, 0.25) is 0 Å². The summed E-state index contributed by atoms with van der Waals surface area (Å²) in [6.07, 6.45) is 3.66. The molecule has 1 saturated heterocycles. The number of aromatic nitrogens is 2. The average Bonchev–Trinajstić information content (AvgIpc) is 2.91. The number of methoxy groups -OCH3 is 1. The topological polar surface area (TPSA) is 75.3 Å². The van der Waals surface area contributed by atoms with Crippen molar-refractivity contribution < 1.29 is 9.53 Å². The largest absolute Gasteiger partial charge is 0.465 e. The number of aromatic amines is 1. The molecular formula is C17H23N3O3S. The molecule has 2 aromatic heterocycles. The van der Waals surface area contributed by atoms with Gasteiger partial charge in [0, 0.05) is 6.54 Å². The van der Waals surface area contributed by atoms with Crippen molar-refractivity contribution >= 4 is 27.5 Å². The molecule has 7 heteroatoms. The maximum atomic E-state index is 12.4. The van der Waals surface area contributed by atoms with Crippen molar-refractivity contribution in [3.63, 3.8) is 0 Å². The van der Waals surface area contributed by atoms with Crippen LogP contribution in [0.25, 0.3) is 10.2 Å². The Morgan fingerprint density at radius 3 is 3.00 bits per heavy atom. The molecule has 24 heavy (non-hydrogen) atoms. The molecule has 0 radical (unpaired) electrons. The minimum Gasteiger partial charge on any atom is -0.465 e. The van der Waals surface area contributed by atoms with Gasteiger partial charge in [-0.1, -0.05) is 13.3 Å². The van der Waals surface area contributed by atoms with Gasteiger partial charge in [0.25, 0.3) is 5.56 Å². The van der Waals surface area contributed by atoms with Crippen molar-refractivity contribution in [3.8, 4) is 0 Å². The van der Waals surface area contributed by atoms with Crippen LogP contribution in [0.4, 0.5) is 0 Å². The highest BCUT2D eigenvalue weighted by Gasteiger charge is 2.22. The first-order chi connectivity index (χ1) is 11.5. The third-order valence-corrected chi connectivity index (χ3v) is 5.94. The lowest BCUT2D eigenvalue weighted by Gasteiger charge is -2.31. The Balaban J connectivity index is 1.90. The zero-order valence-electron chi connectivity index (χ0n) is 14.3. The minimum atomic E-state index is -0.418. The Morgan fingerprint density at radius 1 is 1.50 bits per heavy atom. The fourth-order valence-corrected chi connectivity index (χ4v) is 4.51. The lowest BCUT2D eigenvalue weighted by atomic mass is 9.96. The van der Waals surface area contributed by atoms with Gasteiger partial charge >= 0.3 is 5.97 Å². The number of hydrogen-bond donors (Lipinski definition) is 1. The number of piperidine rings is 1. The number of ether oxygens (including phenoxy) is 1. The molecule has 1 N–H and O–H groups in total. The number of carbonyl (C=O) groups is 1. The van der Waals surface area contributed by atoms with Gasteiger partial charge in [-0.05, 0) is 37.8 Å². The summed E-state index contributed by atoms with van der Waals surface area (Å²) in [7, 11) is 1.34. The molecule has 0 aromatic carbocycles. The van der Waals surface area contributed by atoms with Crippen LogP contribution >= 0.6 is 11.3 Å². The van der Waals surface area contributed by atoms with E-state index in [2.05, 4.69) is 21.8 Å². The highest BCUT2D eigenvalue weighted by Crippen LogP contribution is 2.28. The highest BCUT2D eigenvalue weighted by molar-refractivity contribution is 7.20. The molecule has 0 amide bonds. The van der Waals surface area contributed by atoms with Gasteiger partial charge in [0.05, 0.1) is 19.0 Å². The number of rotatable bonds is 4. The van der Waals surface area contributed by atoms with Crippen LogP contribution in [-0.2, 0) is 11.3 Å². The third kappa shape index (κ3) is 3.23. The second-order valence-electron chi connectivity index (χ2n) is 6.39. The number of fused-ring (bicyclic) bond motifs is 1. The van der Waals surface area contributed by atoms with E-state index >= 15 is 0 Å². The lowest BCUT2D eigenvalue weighted by Crippen LogP contribution is -2.35. The van der Waals surface area contributed by atoms with Gasteiger partial charge in [-0.2, -0.15) is 0 Å². The zero-order valence-corrected chi connectivity index (χ0v) is 15.2. The van der Waals surface area contributed by atoms with Gasteiger partial charge in [0.1, 0.15) is 15.5 Å². The van der Waals surface area contributed by atoms with Crippen LogP contribution in [0.1, 0.15) is 47.2 Å². The number of aryl methyl sites for hydroxylation is 1. The first-order valence-corrected chi connectivity index (χ1v) is 9.18. The van der Waals surface area contributed by atoms with Crippen LogP contribution < -0.4 is 5.56 Å². The summed E-state index contributed by atoms with van der Waals surface area (Å²) in [6.45, 7) is 6.72. The second kappa shape index (κ2) is 7.03. The summed E-state index contributed by atoms with van der Waals surface area (Å²) >= 11 is 1.23. The second-order valence-corrected chi connectivity index (χ2v) is 7.39. The van der Waals surface area contributed by atoms with Gasteiger partial charge in [-0.25, -0.2) is 9.78 Å². The summed E-state index contributed by atoms with van der Waals surface area (Å²) in [5, 5.41) is 0.495. The van der Waals surface area contributed by atoms with Gasteiger partial charge in [-0.15, -0.1) is 11.3 Å². The van der Waals surface area contributed by atoms with Gasteiger partial charge in [0.2, 0.25) is 0 Å². The maximum Gasteiger partial charge on any atom is 0.348 e. The van der Waals surface area contributed by atoms with Crippen LogP contribution in [0.15, 0.2) is 4.79 Å². The summed E-state index contributed by atoms with van der Waals surface area (Å²) < 4.78 is 4.79. The van der Waals surface area contributed by atoms with E-state index in [0.717, 1.165) is 19.0 Å². The van der Waals surface area contributed by atoms with Gasteiger partial charge in [-0.3, -0.25) is 9.69 Å². The number of H-pyrrole nitrogens is 1. The van der Waals surface area contributed by atoms with E-state index in [-0.39, 0.29) is 5.56 Å². The van der Waals surface area contributed by atoms with Crippen molar-refractivity contribution in [1.82, 2.24) is 14.9 Å². The van der Waals surface area contributed by atoms with Crippen LogP contribution in [0, 0.1) is 12.8 Å². The summed E-state index contributed by atoms with van der Waals surface area (Å²) in [6, 6.07) is 0. The minimum absolute atomic E-state index is 0.178. The van der Waals surface area contributed by atoms with Crippen molar-refractivity contribution in [2.45, 2.75) is 39.7 Å². The quantitative estimate of drug-likeness (QED) is 0.859. The fraction of sp³-hybridized carbons (Fsp3) is 0.588. The van der Waals surface area contributed by atoms with Crippen molar-refractivity contribution in [3.05, 3.63) is 26.6 Å². The summed E-state index contributed by atoms with van der Waals surface area (Å²) in [5.41, 5.74) is 0.467. The number of thiophene rings is 1. The molecule has 6 nitrogen and oxygen atoms in total. The van der Waals surface area contributed by atoms with E-state index in [0.29, 0.717) is 33.0 Å². The Bertz CT molecular complexity index is 811. The normalized spacial score (nSPS) is 18.9. The summed E-state index contributed by atoms with van der Waals surface area (Å²) in [5.74, 6) is 0.976. The molecule has 1 unspecified atom stereocenters. The maximum absolute atomic E-state index is 12.4. The van der Waals surface area contributed by atoms with Gasteiger partial charge in [0.15, 0.2) is 0 Å². The molecule has 1 atom stereocenters. The molecule has 1 fully saturated rings. The zero-order chi connectivity index (χ0) is 17.3. The molecule has 1 aliphatic rings. The first kappa shape index (κ1) is 17.1. The number of nitrogens with one attached hydrogen (secondary N) is 1. The average molecular weight is 349 g/mol. The highest BCUT2D eigenvalue weighted by atomic mass is 32.1. The molecule has 3 rings (SSSR count). The van der Waals surface area contributed by atoms with E-state index in [1.807, 2.05) is 0 Å². The predicted molar refractivity (Wildman–Crippen MR) is 94.6 cm³/mol. The first-order valence-electron chi connectivity index (χ1n) is 8.36. The fourth-order valence-electron chi connectivity index (χ4n) is 3.39. The van der Waals surface area contributed by atoms with Crippen LogP contribution in [0.5, 0.6) is 0 Å². The van der Waals surface area contributed by atoms with E-state index in [1.165, 1.54) is 37.7 Å². The summed E-state index contributed by atoms with van der Waals surface area (Å²) in [4.78, 5) is 35.2. The van der Waals surface area contributed by atoms with Crippen molar-refractivity contribution in [1.29, 1.82) is 0 Å². The Morgan fingerprint density at radius 2 is 2.29 bits per heavy atom. The Kier molecular flexibility index (Phi) is 5.01. The third-order valence-electron chi connectivity index (χ3n) is 4.77. The monoisotopic (exact) mass is 349 g/mol. The van der Waals surface area contributed by atoms with Crippen LogP contribution in [-0.4, -0.2) is 41.0 Å². The molecule has 3 heterocycles. The van der Waals surface area contributed by atoms with E-state index in [9.17, 15) is 9.59 Å². The molecule has 0 aliphatic carbocycles. The smallest absolute Gasteiger partial charge is 0.348 e. The standard InChI is InChI=1S/C17H23N3O3S/c1-4-11-6-5-7-20(8-11)9-12-18-15(21)13-10(2)14(17(22)23-3)24-16(13)19-12/h11H,4-9H2,1-3H3,(H,18,19,21). The van der Waals surface area contributed by atoms with Gasteiger partial charge < -0.3 is 9.72 Å². The Labute approximate surface area is 144 Å². The number of carbonyl (C=O) groups excluding carboxylic acids is 1. The lowest BCUT2D eigenvalue weighted by molar-refractivity contribution is 0.0605. The molecule has 1 aliphatic heterocycles. The van der Waals surface area contributed by atoms with Crippen molar-refractivity contribution in [2.75, 3.05) is 20.2 Å². The van der Waals surface area contributed by atoms with E-state index < -0.39 is 5.97 Å². The number of hydrogen-bond acceptors (Lipinski definition) is 6. The molecule has 130 valence electrons. The SMILES string of the molecule is CCC1CCCN(Cc2nc3sc(C(=O)OC)c(C)c3c(=O)[nH]2)C1. The van der Waals surface area contributed by atoms with E-state index in [4.69, 9.17) is 4.74 Å². The molecular weight excluding hydrogens is 326 g/mol. The molecule has 0 saturated carbocycles.